The van der Waals surface area contributed by atoms with Gasteiger partial charge in [0.2, 0.25) is 0 Å². The van der Waals surface area contributed by atoms with Crippen molar-refractivity contribution in [1.82, 2.24) is 9.88 Å². The summed E-state index contributed by atoms with van der Waals surface area (Å²) >= 11 is 1.71. The van der Waals surface area contributed by atoms with Crippen molar-refractivity contribution in [2.24, 2.45) is 5.92 Å². The molecule has 0 aliphatic rings. The highest BCUT2D eigenvalue weighted by Crippen LogP contribution is 2.18. The SMILES string of the molecule is COC(=O)C(C)CN(C)Cc1nc(C)c(C)s1. The molecule has 0 saturated carbocycles. The largest absolute Gasteiger partial charge is 0.469 e. The molecular weight excluding hydrogens is 236 g/mol. The smallest absolute Gasteiger partial charge is 0.309 e. The molecule has 4 nitrogen and oxygen atoms in total. The van der Waals surface area contributed by atoms with Gasteiger partial charge in [0.05, 0.1) is 25.3 Å². The molecule has 0 spiro atoms. The lowest BCUT2D eigenvalue weighted by Gasteiger charge is -2.18. The first-order chi connectivity index (χ1) is 7.93. The zero-order chi connectivity index (χ0) is 13.0. The van der Waals surface area contributed by atoms with Crippen molar-refractivity contribution in [2.45, 2.75) is 27.3 Å². The molecule has 1 heterocycles. The maximum Gasteiger partial charge on any atom is 0.309 e. The van der Waals surface area contributed by atoms with Gasteiger partial charge in [0.1, 0.15) is 5.01 Å². The summed E-state index contributed by atoms with van der Waals surface area (Å²) in [5, 5.41) is 1.10. The highest BCUT2D eigenvalue weighted by molar-refractivity contribution is 7.11. The van der Waals surface area contributed by atoms with Gasteiger partial charge in [-0.25, -0.2) is 4.98 Å². The van der Waals surface area contributed by atoms with Crippen LogP contribution in [0.2, 0.25) is 0 Å². The molecule has 96 valence electrons. The van der Waals surface area contributed by atoms with Gasteiger partial charge in [-0.1, -0.05) is 6.92 Å². The molecule has 0 saturated heterocycles. The van der Waals surface area contributed by atoms with Crippen LogP contribution in [0, 0.1) is 19.8 Å². The molecule has 1 rings (SSSR count). The molecule has 0 radical (unpaired) electrons. The van der Waals surface area contributed by atoms with Crippen molar-refractivity contribution in [3.8, 4) is 0 Å². The first-order valence-corrected chi connectivity index (χ1v) is 6.45. The lowest BCUT2D eigenvalue weighted by molar-refractivity contribution is -0.145. The molecule has 1 unspecified atom stereocenters. The van der Waals surface area contributed by atoms with Crippen molar-refractivity contribution in [3.63, 3.8) is 0 Å². The number of thiazole rings is 1. The van der Waals surface area contributed by atoms with E-state index in [4.69, 9.17) is 4.74 Å². The summed E-state index contributed by atoms with van der Waals surface area (Å²) in [5.41, 5.74) is 1.10. The molecule has 0 fully saturated rings. The molecular formula is C12H20N2O2S. The molecule has 0 amide bonds. The number of aryl methyl sites for hydroxylation is 2. The summed E-state index contributed by atoms with van der Waals surface area (Å²) < 4.78 is 4.71. The fraction of sp³-hybridized carbons (Fsp3) is 0.667. The molecule has 1 aromatic heterocycles. The molecule has 17 heavy (non-hydrogen) atoms. The quantitative estimate of drug-likeness (QED) is 0.756. The van der Waals surface area contributed by atoms with Gasteiger partial charge in [-0.2, -0.15) is 0 Å². The minimum Gasteiger partial charge on any atom is -0.469 e. The standard InChI is InChI=1S/C12H20N2O2S/c1-8(12(15)16-5)6-14(4)7-11-13-9(2)10(3)17-11/h8H,6-7H2,1-5H3. The second-order valence-electron chi connectivity index (χ2n) is 4.37. The van der Waals surface area contributed by atoms with E-state index in [9.17, 15) is 4.79 Å². The maximum atomic E-state index is 11.3. The van der Waals surface area contributed by atoms with E-state index >= 15 is 0 Å². The Balaban J connectivity index is 2.49. The summed E-state index contributed by atoms with van der Waals surface area (Å²) in [6.07, 6.45) is 0. The Morgan fingerprint density at radius 3 is 2.65 bits per heavy atom. The number of rotatable bonds is 5. The molecule has 0 N–H and O–H groups in total. The van der Waals surface area contributed by atoms with Crippen LogP contribution in [-0.4, -0.2) is 36.6 Å². The number of carbonyl (C=O) groups excluding carboxylic acids is 1. The van der Waals surface area contributed by atoms with E-state index < -0.39 is 0 Å². The van der Waals surface area contributed by atoms with Gasteiger partial charge in [0, 0.05) is 11.4 Å². The van der Waals surface area contributed by atoms with Crippen molar-refractivity contribution >= 4 is 17.3 Å². The number of hydrogen-bond donors (Lipinski definition) is 0. The van der Waals surface area contributed by atoms with E-state index in [0.29, 0.717) is 6.54 Å². The molecule has 1 aromatic rings. The average molecular weight is 256 g/mol. The van der Waals surface area contributed by atoms with Gasteiger partial charge >= 0.3 is 5.97 Å². The van der Waals surface area contributed by atoms with E-state index in [2.05, 4.69) is 16.8 Å². The van der Waals surface area contributed by atoms with Gasteiger partial charge in [-0.05, 0) is 20.9 Å². The Labute approximate surface area is 107 Å². The Morgan fingerprint density at radius 1 is 1.53 bits per heavy atom. The summed E-state index contributed by atoms with van der Waals surface area (Å²) in [7, 11) is 3.41. The van der Waals surface area contributed by atoms with Gasteiger partial charge in [0.15, 0.2) is 0 Å². The highest BCUT2D eigenvalue weighted by Gasteiger charge is 2.16. The number of methoxy groups -OCH3 is 1. The van der Waals surface area contributed by atoms with Crippen LogP contribution in [0.3, 0.4) is 0 Å². The molecule has 5 heteroatoms. The van der Waals surface area contributed by atoms with Crippen molar-refractivity contribution in [2.75, 3.05) is 20.7 Å². The van der Waals surface area contributed by atoms with Crippen LogP contribution in [0.4, 0.5) is 0 Å². The van der Waals surface area contributed by atoms with Crippen LogP contribution in [0.5, 0.6) is 0 Å². The Kier molecular flexibility index (Phi) is 5.08. The summed E-state index contributed by atoms with van der Waals surface area (Å²) in [5.74, 6) is -0.268. The second-order valence-corrected chi connectivity index (χ2v) is 5.66. The monoisotopic (exact) mass is 256 g/mol. The molecule has 1 atom stereocenters. The van der Waals surface area contributed by atoms with E-state index in [0.717, 1.165) is 17.2 Å². The van der Waals surface area contributed by atoms with Gasteiger partial charge in [0.25, 0.3) is 0 Å². The first kappa shape index (κ1) is 14.1. The summed E-state index contributed by atoms with van der Waals surface area (Å²) in [6.45, 7) is 7.44. The lowest BCUT2D eigenvalue weighted by Crippen LogP contribution is -2.29. The van der Waals surface area contributed by atoms with Crippen LogP contribution < -0.4 is 0 Å². The zero-order valence-corrected chi connectivity index (χ0v) is 11.9. The Hall–Kier alpha value is -0.940. The summed E-state index contributed by atoms with van der Waals surface area (Å²) in [4.78, 5) is 19.1. The molecule has 0 aliphatic carbocycles. The Morgan fingerprint density at radius 2 is 2.18 bits per heavy atom. The second kappa shape index (κ2) is 6.12. The third-order valence-electron chi connectivity index (χ3n) is 2.67. The first-order valence-electron chi connectivity index (χ1n) is 5.63. The van der Waals surface area contributed by atoms with Gasteiger partial charge in [-0.3, -0.25) is 9.69 Å². The third kappa shape index (κ3) is 4.09. The summed E-state index contributed by atoms with van der Waals surface area (Å²) in [6, 6.07) is 0. The van der Waals surface area contributed by atoms with E-state index in [-0.39, 0.29) is 11.9 Å². The lowest BCUT2D eigenvalue weighted by atomic mass is 10.2. The number of nitrogens with zero attached hydrogens (tertiary/aromatic N) is 2. The molecule has 0 aliphatic heterocycles. The van der Waals surface area contributed by atoms with Crippen molar-refractivity contribution in [3.05, 3.63) is 15.6 Å². The van der Waals surface area contributed by atoms with Gasteiger partial charge < -0.3 is 4.74 Å². The number of carbonyl (C=O) groups is 1. The van der Waals surface area contributed by atoms with Crippen LogP contribution >= 0.6 is 11.3 Å². The number of aromatic nitrogens is 1. The maximum absolute atomic E-state index is 11.3. The Bertz CT molecular complexity index is 370. The van der Waals surface area contributed by atoms with E-state index in [1.54, 1.807) is 11.3 Å². The number of hydrogen-bond acceptors (Lipinski definition) is 5. The van der Waals surface area contributed by atoms with Crippen molar-refractivity contribution < 1.29 is 9.53 Å². The van der Waals surface area contributed by atoms with Crippen LogP contribution in [0.15, 0.2) is 0 Å². The minimum atomic E-state index is -0.164. The van der Waals surface area contributed by atoms with E-state index in [1.807, 2.05) is 20.9 Å². The highest BCUT2D eigenvalue weighted by atomic mass is 32.1. The predicted octanol–water partition coefficient (Wildman–Crippen LogP) is 2.00. The molecule has 0 aromatic carbocycles. The predicted molar refractivity (Wildman–Crippen MR) is 69.1 cm³/mol. The zero-order valence-electron chi connectivity index (χ0n) is 11.1. The molecule has 0 bridgehead atoms. The number of ether oxygens (including phenoxy) is 1. The van der Waals surface area contributed by atoms with Gasteiger partial charge in [-0.15, -0.1) is 11.3 Å². The van der Waals surface area contributed by atoms with E-state index in [1.165, 1.54) is 12.0 Å². The third-order valence-corrected chi connectivity index (χ3v) is 3.72. The minimum absolute atomic E-state index is 0.104. The van der Waals surface area contributed by atoms with Crippen LogP contribution in [0.1, 0.15) is 22.5 Å². The fourth-order valence-electron chi connectivity index (χ4n) is 1.65. The normalized spacial score (nSPS) is 12.8. The van der Waals surface area contributed by atoms with Crippen molar-refractivity contribution in [1.29, 1.82) is 0 Å². The fourth-order valence-corrected chi connectivity index (χ4v) is 2.66. The number of esters is 1. The van der Waals surface area contributed by atoms with Crippen LogP contribution in [-0.2, 0) is 16.1 Å². The van der Waals surface area contributed by atoms with Crippen LogP contribution in [0.25, 0.3) is 0 Å². The average Bonchev–Trinajstić information content (AvgIpc) is 2.56. The topological polar surface area (TPSA) is 42.4 Å².